The summed E-state index contributed by atoms with van der Waals surface area (Å²) in [6.07, 6.45) is 0. The average Bonchev–Trinajstić information content (AvgIpc) is 2.15. The number of phenolic OH excluding ortho intramolecular Hbond substituents is 1. The summed E-state index contributed by atoms with van der Waals surface area (Å²) in [6.45, 7) is -0.532. The van der Waals surface area contributed by atoms with Crippen molar-refractivity contribution in [3.05, 3.63) is 27.3 Å². The van der Waals surface area contributed by atoms with Gasteiger partial charge in [0.15, 0.2) is 0 Å². The second-order valence-electron chi connectivity index (χ2n) is 3.06. The van der Waals surface area contributed by atoms with Crippen LogP contribution in [-0.4, -0.2) is 36.4 Å². The summed E-state index contributed by atoms with van der Waals surface area (Å²) in [5, 5.41) is 9.44. The molecule has 0 bridgehead atoms. The molecule has 0 saturated heterocycles. The van der Waals surface area contributed by atoms with E-state index in [2.05, 4.69) is 4.74 Å². The zero-order chi connectivity index (χ0) is 13.1. The number of benzene rings is 1. The minimum atomic E-state index is -4.41. The van der Waals surface area contributed by atoms with Crippen molar-refractivity contribution in [2.24, 2.45) is 0 Å². The number of hydrogen-bond donors (Lipinski definition) is 1. The largest absolute Gasteiger partial charge is 0.748 e. The first-order valence-electron chi connectivity index (χ1n) is 4.39. The molecule has 0 radical (unpaired) electrons. The van der Waals surface area contributed by atoms with Crippen LogP contribution in [-0.2, 0) is 14.9 Å². The van der Waals surface area contributed by atoms with Gasteiger partial charge in [-0.05, 0) is 40.8 Å². The lowest BCUT2D eigenvalue weighted by atomic mass is 10.2. The Morgan fingerprint density at radius 3 is 2.65 bits per heavy atom. The van der Waals surface area contributed by atoms with Crippen molar-refractivity contribution in [2.75, 3.05) is 12.4 Å². The first-order chi connectivity index (χ1) is 7.79. The number of halogens is 1. The lowest BCUT2D eigenvalue weighted by molar-refractivity contribution is 0.0525. The molecular weight excluding hydrogens is 363 g/mol. The van der Waals surface area contributed by atoms with Crippen molar-refractivity contribution in [1.82, 2.24) is 0 Å². The Bertz CT molecular complexity index is 524. The van der Waals surface area contributed by atoms with Gasteiger partial charge in [0.1, 0.15) is 17.9 Å². The zero-order valence-electron chi connectivity index (χ0n) is 8.42. The van der Waals surface area contributed by atoms with E-state index in [4.69, 9.17) is 0 Å². The number of hydrogen-bond acceptors (Lipinski definition) is 6. The van der Waals surface area contributed by atoms with Crippen molar-refractivity contribution >= 4 is 38.7 Å². The molecule has 8 heteroatoms. The van der Waals surface area contributed by atoms with E-state index >= 15 is 0 Å². The summed E-state index contributed by atoms with van der Waals surface area (Å²) < 4.78 is 36.1. The number of aromatic hydroxyl groups is 1. The molecule has 94 valence electrons. The summed E-state index contributed by atoms with van der Waals surface area (Å²) >= 11 is 1.95. The minimum Gasteiger partial charge on any atom is -0.748 e. The quantitative estimate of drug-likeness (QED) is 0.475. The van der Waals surface area contributed by atoms with Crippen LogP contribution in [0.25, 0.3) is 0 Å². The van der Waals surface area contributed by atoms with E-state index in [1.165, 1.54) is 12.1 Å². The first-order valence-corrected chi connectivity index (χ1v) is 7.04. The molecule has 0 aromatic heterocycles. The Balaban J connectivity index is 2.65. The second-order valence-corrected chi connectivity index (χ2v) is 5.83. The van der Waals surface area contributed by atoms with Crippen LogP contribution in [0.1, 0.15) is 10.4 Å². The number of ether oxygens (including phenoxy) is 1. The molecule has 0 aliphatic carbocycles. The molecule has 0 unspecified atom stereocenters. The summed E-state index contributed by atoms with van der Waals surface area (Å²) in [5.41, 5.74) is -0.0753. The van der Waals surface area contributed by atoms with Crippen LogP contribution in [0.2, 0.25) is 0 Å². The molecule has 0 fully saturated rings. The fourth-order valence-electron chi connectivity index (χ4n) is 0.992. The van der Waals surface area contributed by atoms with Gasteiger partial charge in [0.05, 0.1) is 15.9 Å². The monoisotopic (exact) mass is 371 g/mol. The smallest absolute Gasteiger partial charge is 0.341 e. The summed E-state index contributed by atoms with van der Waals surface area (Å²) in [7, 11) is -4.41. The van der Waals surface area contributed by atoms with E-state index in [0.717, 1.165) is 3.57 Å². The van der Waals surface area contributed by atoms with E-state index in [1.54, 1.807) is 6.07 Å². The highest BCUT2D eigenvalue weighted by atomic mass is 127. The topological polar surface area (TPSA) is 104 Å². The molecule has 6 nitrogen and oxygen atoms in total. The standard InChI is InChI=1S/C9H9IO6S/c10-6-1-2-7(8(11)5-6)9(12)16-3-4-17(13,14)15/h1-2,5,11H,3-4H2,(H,13,14,15)/p-1. The van der Waals surface area contributed by atoms with Crippen molar-refractivity contribution < 1.29 is 27.6 Å². The zero-order valence-corrected chi connectivity index (χ0v) is 11.4. The molecule has 0 spiro atoms. The maximum absolute atomic E-state index is 11.4. The number of esters is 1. The van der Waals surface area contributed by atoms with Gasteiger partial charge in [-0.2, -0.15) is 0 Å². The van der Waals surface area contributed by atoms with Crippen LogP contribution in [0, 0.1) is 3.57 Å². The molecule has 1 N–H and O–H groups in total. The van der Waals surface area contributed by atoms with E-state index < -0.39 is 28.4 Å². The molecule has 0 aliphatic heterocycles. The fourth-order valence-corrected chi connectivity index (χ4v) is 1.75. The van der Waals surface area contributed by atoms with Gasteiger partial charge >= 0.3 is 5.97 Å². The van der Waals surface area contributed by atoms with Crippen LogP contribution < -0.4 is 0 Å². The third kappa shape index (κ3) is 4.88. The van der Waals surface area contributed by atoms with Crippen molar-refractivity contribution in [3.63, 3.8) is 0 Å². The summed E-state index contributed by atoms with van der Waals surface area (Å²) in [6, 6.07) is 4.30. The Hall–Kier alpha value is -0.870. The molecule has 1 rings (SSSR count). The number of carbonyl (C=O) groups is 1. The molecule has 1 aromatic rings. The van der Waals surface area contributed by atoms with Gasteiger partial charge in [-0.15, -0.1) is 0 Å². The molecule has 0 heterocycles. The Labute approximate surface area is 111 Å². The van der Waals surface area contributed by atoms with Crippen molar-refractivity contribution in [1.29, 1.82) is 0 Å². The third-order valence-electron chi connectivity index (χ3n) is 1.75. The van der Waals surface area contributed by atoms with Gasteiger partial charge < -0.3 is 14.4 Å². The number of carbonyl (C=O) groups excluding carboxylic acids is 1. The highest BCUT2D eigenvalue weighted by Gasteiger charge is 2.12. The first kappa shape index (κ1) is 14.2. The van der Waals surface area contributed by atoms with Crippen LogP contribution in [0.15, 0.2) is 18.2 Å². The maximum Gasteiger partial charge on any atom is 0.341 e. The van der Waals surface area contributed by atoms with Crippen LogP contribution >= 0.6 is 22.6 Å². The van der Waals surface area contributed by atoms with Gasteiger partial charge in [-0.3, -0.25) is 0 Å². The minimum absolute atomic E-state index is 0.0753. The van der Waals surface area contributed by atoms with Crippen LogP contribution in [0.3, 0.4) is 0 Å². The van der Waals surface area contributed by atoms with Gasteiger partial charge in [-0.1, -0.05) is 0 Å². The molecule has 0 amide bonds. The highest BCUT2D eigenvalue weighted by molar-refractivity contribution is 14.1. The molecule has 0 saturated carbocycles. The maximum atomic E-state index is 11.4. The molecule has 1 aromatic carbocycles. The summed E-state index contributed by atoms with van der Waals surface area (Å²) in [5.74, 6) is -1.92. The van der Waals surface area contributed by atoms with Gasteiger partial charge in [0, 0.05) is 3.57 Å². The SMILES string of the molecule is O=C(OCCS(=O)(=O)[O-])c1ccc(I)cc1O. The van der Waals surface area contributed by atoms with Crippen molar-refractivity contribution in [3.8, 4) is 5.75 Å². The second kappa shape index (κ2) is 5.65. The fraction of sp³-hybridized carbons (Fsp3) is 0.222. The number of rotatable bonds is 4. The molecule has 17 heavy (non-hydrogen) atoms. The Kier molecular flexibility index (Phi) is 4.71. The lowest BCUT2D eigenvalue weighted by Gasteiger charge is -2.08. The van der Waals surface area contributed by atoms with E-state index in [9.17, 15) is 22.9 Å². The molecular formula is C9H8IO6S-. The van der Waals surface area contributed by atoms with Crippen LogP contribution in [0.4, 0.5) is 0 Å². The predicted octanol–water partition coefficient (Wildman–Crippen LogP) is 0.699. The van der Waals surface area contributed by atoms with Gasteiger partial charge in [0.2, 0.25) is 0 Å². The van der Waals surface area contributed by atoms with E-state index in [0.29, 0.717) is 0 Å². The highest BCUT2D eigenvalue weighted by Crippen LogP contribution is 2.20. The van der Waals surface area contributed by atoms with Gasteiger partial charge in [0.25, 0.3) is 0 Å². The summed E-state index contributed by atoms with van der Waals surface area (Å²) in [4.78, 5) is 11.4. The molecule has 0 atom stereocenters. The Morgan fingerprint density at radius 2 is 2.12 bits per heavy atom. The van der Waals surface area contributed by atoms with Crippen LogP contribution in [0.5, 0.6) is 5.75 Å². The van der Waals surface area contributed by atoms with Crippen molar-refractivity contribution in [2.45, 2.75) is 0 Å². The lowest BCUT2D eigenvalue weighted by Crippen LogP contribution is -2.15. The molecule has 0 aliphatic rings. The number of phenols is 1. The predicted molar refractivity (Wildman–Crippen MR) is 65.7 cm³/mol. The third-order valence-corrected chi connectivity index (χ3v) is 3.08. The van der Waals surface area contributed by atoms with E-state index in [1.807, 2.05) is 22.6 Å². The Morgan fingerprint density at radius 1 is 1.47 bits per heavy atom. The van der Waals surface area contributed by atoms with Gasteiger partial charge in [-0.25, -0.2) is 13.2 Å². The normalized spacial score (nSPS) is 11.2. The average molecular weight is 371 g/mol. The van der Waals surface area contributed by atoms with E-state index in [-0.39, 0.29) is 11.3 Å².